The monoisotopic (exact) mass is 516 g/mol. The first kappa shape index (κ1) is 31.6. The minimum Gasteiger partial charge on any atom is -0.480 e. The number of hydrogen-bond acceptors (Lipinski definition) is 8. The number of carbonyl (C=O) groups excluding carboxylic acids is 2. The van der Waals surface area contributed by atoms with Gasteiger partial charge in [-0.05, 0) is 59.6 Å². The molecule has 0 unspecified atom stereocenters. The van der Waals surface area contributed by atoms with Crippen LogP contribution in [0.1, 0.15) is 53.0 Å². The van der Waals surface area contributed by atoms with Crippen LogP contribution in [0, 0.1) is 6.92 Å². The Morgan fingerprint density at radius 3 is 2.17 bits per heavy atom. The molecule has 0 bridgehead atoms. The lowest BCUT2D eigenvalue weighted by molar-refractivity contribution is -0.141. The predicted octanol–water partition coefficient (Wildman–Crippen LogP) is 1.92. The minimum absolute atomic E-state index is 0.0498. The lowest BCUT2D eigenvalue weighted by atomic mass is 10.1. The molecule has 5 N–H and O–H groups in total. The molecule has 1 aromatic rings. The van der Waals surface area contributed by atoms with Gasteiger partial charge in [0.2, 0.25) is 5.96 Å². The number of aliphatic carboxylic acids is 1. The van der Waals surface area contributed by atoms with Gasteiger partial charge >= 0.3 is 18.0 Å². The second kappa shape index (κ2) is 14.8. The molecule has 13 heteroatoms. The number of benzene rings is 1. The van der Waals surface area contributed by atoms with E-state index in [1.807, 2.05) is 6.92 Å². The number of nitrogens with zero attached hydrogens (tertiary/aromatic N) is 1. The molecule has 0 aliphatic rings. The zero-order valence-electron chi connectivity index (χ0n) is 21.0. The van der Waals surface area contributed by atoms with Gasteiger partial charge in [-0.25, -0.2) is 22.7 Å². The van der Waals surface area contributed by atoms with Crippen LogP contribution in [0.2, 0.25) is 0 Å². The number of nitrogens with two attached hydrogens (primary N) is 1. The van der Waals surface area contributed by atoms with Gasteiger partial charge in [-0.15, -0.1) is 0 Å². The quantitative estimate of drug-likeness (QED) is 0.165. The molecule has 0 heterocycles. The summed E-state index contributed by atoms with van der Waals surface area (Å²) in [4.78, 5) is 36.7. The number of sulfonamides is 1. The largest absolute Gasteiger partial charge is 0.480 e. The lowest BCUT2D eigenvalue weighted by Gasteiger charge is -2.21. The number of carbonyl (C=O) groups is 3. The van der Waals surface area contributed by atoms with Crippen molar-refractivity contribution in [3.8, 4) is 0 Å². The smallest absolute Gasteiger partial charge is 0.408 e. The van der Waals surface area contributed by atoms with Gasteiger partial charge < -0.3 is 25.6 Å². The van der Waals surface area contributed by atoms with E-state index in [2.05, 4.69) is 19.8 Å². The van der Waals surface area contributed by atoms with E-state index in [-0.39, 0.29) is 36.2 Å². The van der Waals surface area contributed by atoms with Crippen molar-refractivity contribution < 1.29 is 37.4 Å². The standard InChI is InChI=1S/C18H28N4O6S.C4H8O2/c1-12-7-9-13(10-8-12)29(26,27)22-16(19)20-11-5-6-14(15(23)24)21-17(25)28-18(2,3)4;1-3-6-4(2)5/h7-10,14H,5-6,11H2,1-4H3,(H,21,25)(H,23,24)(H3,19,20,22);3H2,1-2H3/t14-;/m0./s1. The number of ether oxygens (including phenoxy) is 2. The van der Waals surface area contributed by atoms with Crippen LogP contribution in [-0.2, 0) is 29.1 Å². The van der Waals surface area contributed by atoms with Crippen molar-refractivity contribution in [2.75, 3.05) is 13.2 Å². The molecule has 0 radical (unpaired) electrons. The Balaban J connectivity index is 0.00000170. The molecular weight excluding hydrogens is 480 g/mol. The molecule has 1 amide bonds. The third kappa shape index (κ3) is 15.2. The number of aryl methyl sites for hydroxylation is 1. The molecule has 0 aromatic heterocycles. The minimum atomic E-state index is -3.85. The summed E-state index contributed by atoms with van der Waals surface area (Å²) in [6.45, 7) is 10.6. The Morgan fingerprint density at radius 2 is 1.74 bits per heavy atom. The van der Waals surface area contributed by atoms with E-state index in [1.54, 1.807) is 39.8 Å². The van der Waals surface area contributed by atoms with Crippen LogP contribution < -0.4 is 15.8 Å². The maximum absolute atomic E-state index is 12.2. The van der Waals surface area contributed by atoms with Crippen molar-refractivity contribution in [3.63, 3.8) is 0 Å². The topological polar surface area (TPSA) is 186 Å². The molecule has 1 aromatic carbocycles. The van der Waals surface area contributed by atoms with Crippen molar-refractivity contribution >= 4 is 34.0 Å². The van der Waals surface area contributed by atoms with Crippen LogP contribution >= 0.6 is 0 Å². The first-order chi connectivity index (χ1) is 16.1. The van der Waals surface area contributed by atoms with Gasteiger partial charge in [0.25, 0.3) is 10.0 Å². The Kier molecular flexibility index (Phi) is 13.4. The van der Waals surface area contributed by atoms with E-state index in [1.165, 1.54) is 19.1 Å². The summed E-state index contributed by atoms with van der Waals surface area (Å²) in [5.74, 6) is -1.73. The van der Waals surface area contributed by atoms with E-state index in [4.69, 9.17) is 10.5 Å². The highest BCUT2D eigenvalue weighted by Gasteiger charge is 2.23. The fourth-order valence-corrected chi connectivity index (χ4v) is 3.30. The van der Waals surface area contributed by atoms with Crippen LogP contribution in [0.25, 0.3) is 0 Å². The number of alkyl carbamates (subject to hydrolysis) is 1. The molecule has 1 rings (SSSR count). The molecule has 0 aliphatic carbocycles. The first-order valence-electron chi connectivity index (χ1n) is 10.8. The molecule has 0 saturated heterocycles. The maximum Gasteiger partial charge on any atom is 0.408 e. The summed E-state index contributed by atoms with van der Waals surface area (Å²) in [6.07, 6.45) is -0.519. The van der Waals surface area contributed by atoms with E-state index in [0.717, 1.165) is 5.56 Å². The predicted molar refractivity (Wildman–Crippen MR) is 130 cm³/mol. The fourth-order valence-electron chi connectivity index (χ4n) is 2.35. The van der Waals surface area contributed by atoms with Crippen LogP contribution in [-0.4, -0.2) is 62.3 Å². The maximum atomic E-state index is 12.2. The summed E-state index contributed by atoms with van der Waals surface area (Å²) in [6, 6.07) is 5.05. The fraction of sp³-hybridized carbons (Fsp3) is 0.545. The third-order valence-electron chi connectivity index (χ3n) is 3.84. The van der Waals surface area contributed by atoms with Gasteiger partial charge in [0.1, 0.15) is 11.6 Å². The molecule has 0 spiro atoms. The van der Waals surface area contributed by atoms with E-state index < -0.39 is 33.7 Å². The van der Waals surface area contributed by atoms with Crippen molar-refractivity contribution in [2.45, 2.75) is 70.9 Å². The number of guanidine groups is 1. The van der Waals surface area contributed by atoms with Crippen LogP contribution in [0.5, 0.6) is 0 Å². The summed E-state index contributed by atoms with van der Waals surface area (Å²) in [5.41, 5.74) is 5.77. The average Bonchev–Trinajstić information content (AvgIpc) is 2.69. The van der Waals surface area contributed by atoms with E-state index >= 15 is 0 Å². The molecule has 0 saturated carbocycles. The number of aliphatic imine (C=N–C) groups is 1. The number of carboxylic acid groups (broad SMARTS) is 1. The summed E-state index contributed by atoms with van der Waals surface area (Å²) < 4.78 is 36.0. The number of rotatable bonds is 9. The molecular formula is C22H36N4O8S. The van der Waals surface area contributed by atoms with Gasteiger partial charge in [0, 0.05) is 13.5 Å². The highest BCUT2D eigenvalue weighted by atomic mass is 32.2. The van der Waals surface area contributed by atoms with Crippen LogP contribution in [0.4, 0.5) is 4.79 Å². The lowest BCUT2D eigenvalue weighted by Crippen LogP contribution is -2.43. The van der Waals surface area contributed by atoms with Gasteiger partial charge in [0.05, 0.1) is 11.5 Å². The Morgan fingerprint density at radius 1 is 1.17 bits per heavy atom. The molecule has 0 fully saturated rings. The van der Waals surface area contributed by atoms with Gasteiger partial charge in [0.15, 0.2) is 0 Å². The zero-order valence-corrected chi connectivity index (χ0v) is 21.8. The molecule has 198 valence electrons. The molecule has 35 heavy (non-hydrogen) atoms. The zero-order chi connectivity index (χ0) is 27.2. The molecule has 12 nitrogen and oxygen atoms in total. The van der Waals surface area contributed by atoms with Gasteiger partial charge in [-0.1, -0.05) is 17.7 Å². The summed E-state index contributed by atoms with van der Waals surface area (Å²) in [7, 11) is -3.85. The highest BCUT2D eigenvalue weighted by Crippen LogP contribution is 2.10. The number of hydrogen-bond donors (Lipinski definition) is 4. The summed E-state index contributed by atoms with van der Waals surface area (Å²) in [5, 5.41) is 11.5. The first-order valence-corrected chi connectivity index (χ1v) is 12.3. The van der Waals surface area contributed by atoms with Crippen LogP contribution in [0.15, 0.2) is 34.2 Å². The van der Waals surface area contributed by atoms with Crippen molar-refractivity contribution in [1.29, 1.82) is 0 Å². The second-order valence-corrected chi connectivity index (χ2v) is 9.97. The Labute approximate surface area is 206 Å². The van der Waals surface area contributed by atoms with Crippen molar-refractivity contribution in [3.05, 3.63) is 29.8 Å². The van der Waals surface area contributed by atoms with E-state index in [0.29, 0.717) is 6.61 Å². The van der Waals surface area contributed by atoms with Gasteiger partial charge in [-0.3, -0.25) is 9.79 Å². The second-order valence-electron chi connectivity index (χ2n) is 8.29. The van der Waals surface area contributed by atoms with Crippen LogP contribution in [0.3, 0.4) is 0 Å². The van der Waals surface area contributed by atoms with Crippen molar-refractivity contribution in [1.82, 2.24) is 10.0 Å². The average molecular weight is 517 g/mol. The summed E-state index contributed by atoms with van der Waals surface area (Å²) >= 11 is 0. The SMILES string of the molecule is CCOC(C)=O.Cc1ccc(S(=O)(=O)NC(N)=NCCC[C@H](NC(=O)OC(C)(C)C)C(=O)O)cc1. The Bertz CT molecular complexity index is 970. The number of carboxylic acids is 1. The van der Waals surface area contributed by atoms with Crippen molar-refractivity contribution in [2.24, 2.45) is 10.7 Å². The van der Waals surface area contributed by atoms with Gasteiger partial charge in [-0.2, -0.15) is 0 Å². The molecule has 0 aliphatic heterocycles. The molecule has 1 atom stereocenters. The Hall–Kier alpha value is -3.35. The number of esters is 1. The normalized spacial score (nSPS) is 12.5. The highest BCUT2D eigenvalue weighted by molar-refractivity contribution is 7.90. The number of amides is 1. The number of nitrogens with one attached hydrogen (secondary N) is 2. The third-order valence-corrected chi connectivity index (χ3v) is 5.21. The van der Waals surface area contributed by atoms with E-state index in [9.17, 15) is 27.9 Å².